The number of aromatic carboxylic acids is 1. The van der Waals surface area contributed by atoms with Crippen LogP contribution in [0.2, 0.25) is 0 Å². The van der Waals surface area contributed by atoms with Crippen molar-refractivity contribution in [3.63, 3.8) is 0 Å². The summed E-state index contributed by atoms with van der Waals surface area (Å²) in [6.07, 6.45) is 7.27. The van der Waals surface area contributed by atoms with Crippen LogP contribution >= 0.6 is 0 Å². The van der Waals surface area contributed by atoms with Crippen LogP contribution in [0, 0.1) is 11.7 Å². The molecule has 10 nitrogen and oxygen atoms in total. The zero-order valence-electron chi connectivity index (χ0n) is 17.5. The van der Waals surface area contributed by atoms with Gasteiger partial charge in [0.2, 0.25) is 5.95 Å². The van der Waals surface area contributed by atoms with Crippen molar-refractivity contribution in [2.75, 3.05) is 0 Å². The Kier molecular flexibility index (Phi) is 5.37. The number of hydrogen-bond acceptors (Lipinski definition) is 6. The molecular weight excluding hydrogens is 431 g/mol. The molecule has 4 aromatic rings. The van der Waals surface area contributed by atoms with E-state index < -0.39 is 5.97 Å². The van der Waals surface area contributed by atoms with E-state index >= 15 is 0 Å². The van der Waals surface area contributed by atoms with Crippen LogP contribution in [0.15, 0.2) is 47.7 Å². The number of carboxylic acids is 1. The number of para-hydroxylation sites is 1. The lowest BCUT2D eigenvalue weighted by Crippen LogP contribution is -2.27. The molecule has 0 saturated heterocycles. The monoisotopic (exact) mass is 452 g/mol. The molecule has 5 rings (SSSR count). The Labute approximate surface area is 186 Å². The molecule has 33 heavy (non-hydrogen) atoms. The zero-order chi connectivity index (χ0) is 22.9. The second-order valence-electron chi connectivity index (χ2n) is 8.12. The van der Waals surface area contributed by atoms with Crippen molar-refractivity contribution >= 4 is 17.0 Å². The summed E-state index contributed by atoms with van der Waals surface area (Å²) in [5.74, 6) is -0.781. The van der Waals surface area contributed by atoms with Gasteiger partial charge in [-0.25, -0.2) is 18.9 Å². The van der Waals surface area contributed by atoms with E-state index in [-0.39, 0.29) is 34.7 Å². The van der Waals surface area contributed by atoms with E-state index in [2.05, 4.69) is 20.2 Å². The van der Waals surface area contributed by atoms with Crippen LogP contribution in [0.1, 0.15) is 36.0 Å². The highest BCUT2D eigenvalue weighted by molar-refractivity contribution is 5.87. The summed E-state index contributed by atoms with van der Waals surface area (Å²) in [5.41, 5.74) is 0.367. The van der Waals surface area contributed by atoms with Gasteiger partial charge in [-0.2, -0.15) is 10.2 Å². The SMILES string of the molecule is O=C(O)c1cnn(-c2nc3cnn(CC4CCC(Oc5ccccc5F)CC4)c3c(=O)[nH]2)c1. The van der Waals surface area contributed by atoms with Gasteiger partial charge in [-0.05, 0) is 43.7 Å². The fraction of sp³-hybridized carbons (Fsp3) is 0.318. The summed E-state index contributed by atoms with van der Waals surface area (Å²) < 4.78 is 22.5. The van der Waals surface area contributed by atoms with Crippen molar-refractivity contribution in [1.29, 1.82) is 0 Å². The highest BCUT2D eigenvalue weighted by Crippen LogP contribution is 2.30. The second-order valence-corrected chi connectivity index (χ2v) is 8.12. The molecule has 2 N–H and O–H groups in total. The zero-order valence-corrected chi connectivity index (χ0v) is 17.5. The molecule has 0 bridgehead atoms. The highest BCUT2D eigenvalue weighted by atomic mass is 19.1. The van der Waals surface area contributed by atoms with Gasteiger partial charge in [-0.15, -0.1) is 0 Å². The average Bonchev–Trinajstić information content (AvgIpc) is 3.45. The Hall–Kier alpha value is -4.02. The summed E-state index contributed by atoms with van der Waals surface area (Å²) >= 11 is 0. The predicted molar refractivity (Wildman–Crippen MR) is 115 cm³/mol. The number of carbonyl (C=O) groups is 1. The number of aromatic amines is 1. The largest absolute Gasteiger partial charge is 0.487 e. The van der Waals surface area contributed by atoms with Crippen LogP contribution in [-0.4, -0.2) is 46.7 Å². The molecule has 0 unspecified atom stereocenters. The highest BCUT2D eigenvalue weighted by Gasteiger charge is 2.25. The number of nitrogens with one attached hydrogen (secondary N) is 1. The minimum Gasteiger partial charge on any atom is -0.487 e. The standard InChI is InChI=1S/C22H21FN6O4/c23-16-3-1-2-4-18(16)33-15-7-5-13(6-8-15)11-28-19-17(10-25-28)26-22(27-20(19)30)29-12-14(9-24-29)21(31)32/h1-4,9-10,12-13,15H,5-8,11H2,(H,31,32)(H,26,27,30). The summed E-state index contributed by atoms with van der Waals surface area (Å²) in [6, 6.07) is 6.41. The molecule has 0 radical (unpaired) electrons. The molecule has 170 valence electrons. The number of carboxylic acid groups (broad SMARTS) is 1. The van der Waals surface area contributed by atoms with E-state index in [9.17, 15) is 14.0 Å². The predicted octanol–water partition coefficient (Wildman–Crippen LogP) is 2.78. The number of ether oxygens (including phenoxy) is 1. The third kappa shape index (κ3) is 4.21. The lowest BCUT2D eigenvalue weighted by molar-refractivity contribution is 0.0697. The topological polar surface area (TPSA) is 128 Å². The molecule has 0 atom stereocenters. The van der Waals surface area contributed by atoms with Gasteiger partial charge in [-0.1, -0.05) is 12.1 Å². The molecule has 3 heterocycles. The molecule has 0 amide bonds. The van der Waals surface area contributed by atoms with Gasteiger partial charge < -0.3 is 9.84 Å². The number of fused-ring (bicyclic) bond motifs is 1. The molecule has 0 spiro atoms. The van der Waals surface area contributed by atoms with Crippen LogP contribution < -0.4 is 10.3 Å². The maximum atomic E-state index is 13.8. The molecule has 1 aliphatic carbocycles. The number of H-pyrrole nitrogens is 1. The first-order chi connectivity index (χ1) is 16.0. The van der Waals surface area contributed by atoms with Gasteiger partial charge in [0.25, 0.3) is 5.56 Å². The third-order valence-corrected chi connectivity index (χ3v) is 5.89. The van der Waals surface area contributed by atoms with Crippen molar-refractivity contribution in [3.05, 3.63) is 64.6 Å². The first kappa shape index (κ1) is 20.9. The Bertz CT molecular complexity index is 1370. The smallest absolute Gasteiger partial charge is 0.338 e. The van der Waals surface area contributed by atoms with E-state index in [0.29, 0.717) is 23.5 Å². The van der Waals surface area contributed by atoms with Gasteiger partial charge in [-0.3, -0.25) is 14.5 Å². The summed E-state index contributed by atoms with van der Waals surface area (Å²) in [7, 11) is 0. The molecule has 1 fully saturated rings. The van der Waals surface area contributed by atoms with Crippen molar-refractivity contribution in [3.8, 4) is 11.7 Å². The van der Waals surface area contributed by atoms with E-state index in [1.165, 1.54) is 29.3 Å². The Morgan fingerprint density at radius 1 is 1.18 bits per heavy atom. The van der Waals surface area contributed by atoms with Gasteiger partial charge in [0, 0.05) is 12.7 Å². The number of hydrogen-bond donors (Lipinski definition) is 2. The van der Waals surface area contributed by atoms with Crippen LogP contribution in [0.5, 0.6) is 5.75 Å². The fourth-order valence-corrected chi connectivity index (χ4v) is 4.19. The molecular formula is C22H21FN6O4. The first-order valence-electron chi connectivity index (χ1n) is 10.6. The van der Waals surface area contributed by atoms with Gasteiger partial charge in [0.05, 0.1) is 24.1 Å². The van der Waals surface area contributed by atoms with Crippen LogP contribution in [0.25, 0.3) is 17.0 Å². The minimum absolute atomic E-state index is 0.0111. The minimum atomic E-state index is -1.12. The fourth-order valence-electron chi connectivity index (χ4n) is 4.19. The van der Waals surface area contributed by atoms with Crippen LogP contribution in [0.3, 0.4) is 0 Å². The summed E-state index contributed by atoms with van der Waals surface area (Å²) in [4.78, 5) is 30.8. The molecule has 1 aliphatic rings. The molecule has 11 heteroatoms. The van der Waals surface area contributed by atoms with Gasteiger partial charge in [0.15, 0.2) is 17.1 Å². The van der Waals surface area contributed by atoms with E-state index in [4.69, 9.17) is 9.84 Å². The molecule has 3 aromatic heterocycles. The maximum Gasteiger partial charge on any atom is 0.338 e. The number of halogens is 1. The van der Waals surface area contributed by atoms with Crippen LogP contribution in [-0.2, 0) is 6.54 Å². The first-order valence-corrected chi connectivity index (χ1v) is 10.6. The van der Waals surface area contributed by atoms with E-state index in [0.717, 1.165) is 25.7 Å². The average molecular weight is 452 g/mol. The molecule has 1 saturated carbocycles. The van der Waals surface area contributed by atoms with E-state index in [1.54, 1.807) is 22.9 Å². The molecule has 0 aliphatic heterocycles. The Balaban J connectivity index is 1.28. The number of nitrogens with zero attached hydrogens (tertiary/aromatic N) is 5. The maximum absolute atomic E-state index is 13.8. The van der Waals surface area contributed by atoms with Crippen molar-refractivity contribution in [2.45, 2.75) is 38.3 Å². The summed E-state index contributed by atoms with van der Waals surface area (Å²) in [5, 5.41) is 17.3. The van der Waals surface area contributed by atoms with Crippen molar-refractivity contribution in [1.82, 2.24) is 29.5 Å². The quantitative estimate of drug-likeness (QED) is 0.460. The second kappa shape index (κ2) is 8.49. The van der Waals surface area contributed by atoms with Crippen molar-refractivity contribution in [2.24, 2.45) is 5.92 Å². The Morgan fingerprint density at radius 2 is 1.97 bits per heavy atom. The number of aromatic nitrogens is 6. The van der Waals surface area contributed by atoms with Gasteiger partial charge >= 0.3 is 5.97 Å². The number of benzene rings is 1. The van der Waals surface area contributed by atoms with Crippen molar-refractivity contribution < 1.29 is 19.0 Å². The normalized spacial score (nSPS) is 18.5. The Morgan fingerprint density at radius 3 is 2.70 bits per heavy atom. The lowest BCUT2D eigenvalue weighted by Gasteiger charge is -2.29. The van der Waals surface area contributed by atoms with Crippen LogP contribution in [0.4, 0.5) is 4.39 Å². The third-order valence-electron chi connectivity index (χ3n) is 5.89. The van der Waals surface area contributed by atoms with Gasteiger partial charge in [0.1, 0.15) is 5.52 Å². The van der Waals surface area contributed by atoms with E-state index in [1.807, 2.05) is 0 Å². The lowest BCUT2D eigenvalue weighted by atomic mass is 9.87. The summed E-state index contributed by atoms with van der Waals surface area (Å²) in [6.45, 7) is 0.560. The molecule has 1 aromatic carbocycles. The number of rotatable bonds is 6.